The summed E-state index contributed by atoms with van der Waals surface area (Å²) in [5.74, 6) is -0.00303. The lowest BCUT2D eigenvalue weighted by Crippen LogP contribution is -2.22. The van der Waals surface area contributed by atoms with Crippen LogP contribution in [0.3, 0.4) is 0 Å². The van der Waals surface area contributed by atoms with Crippen LogP contribution < -0.4 is 11.1 Å². The van der Waals surface area contributed by atoms with Crippen molar-refractivity contribution in [3.63, 3.8) is 0 Å². The molecule has 4 N–H and O–H groups in total. The average Bonchev–Trinajstić information content (AvgIpc) is 2.76. The number of nitrogens with one attached hydrogen (secondary N) is 1. The maximum absolute atomic E-state index is 11.9. The zero-order valence-corrected chi connectivity index (χ0v) is 10.8. The quantitative estimate of drug-likeness (QED) is 0.586. The van der Waals surface area contributed by atoms with E-state index in [1.807, 2.05) is 18.4 Å². The van der Waals surface area contributed by atoms with Crippen molar-refractivity contribution < 1.29 is 9.90 Å². The molecule has 0 fully saturated rings. The average molecular weight is 262 g/mol. The Kier molecular flexibility index (Phi) is 3.53. The summed E-state index contributed by atoms with van der Waals surface area (Å²) in [6.07, 6.45) is 0. The standard InChI is InChI=1S/C13H14N2O2S/c1-8-4-5-18-12(8)13(17)15-7-9-6-10(14)2-3-11(9)16/h2-6,16H,7,14H2,1H3,(H,15,17). The Morgan fingerprint density at radius 3 is 2.89 bits per heavy atom. The van der Waals surface area contributed by atoms with Crippen molar-refractivity contribution in [2.45, 2.75) is 13.5 Å². The molecule has 1 heterocycles. The summed E-state index contributed by atoms with van der Waals surface area (Å²) in [5.41, 5.74) is 7.75. The molecule has 2 aromatic rings. The molecule has 2 rings (SSSR count). The van der Waals surface area contributed by atoms with Gasteiger partial charge in [0.05, 0.1) is 4.88 Å². The molecule has 0 aliphatic carbocycles. The fraction of sp³-hybridized carbons (Fsp3) is 0.154. The summed E-state index contributed by atoms with van der Waals surface area (Å²) in [5, 5.41) is 14.3. The van der Waals surface area contributed by atoms with Crippen molar-refractivity contribution in [1.82, 2.24) is 5.32 Å². The predicted molar refractivity (Wildman–Crippen MR) is 72.7 cm³/mol. The first-order chi connectivity index (χ1) is 8.58. The van der Waals surface area contributed by atoms with Gasteiger partial charge in [0.15, 0.2) is 0 Å². The van der Waals surface area contributed by atoms with Crippen molar-refractivity contribution in [2.24, 2.45) is 0 Å². The molecule has 0 aliphatic rings. The number of benzene rings is 1. The normalized spacial score (nSPS) is 10.3. The van der Waals surface area contributed by atoms with Gasteiger partial charge in [0, 0.05) is 17.8 Å². The van der Waals surface area contributed by atoms with E-state index in [1.54, 1.807) is 12.1 Å². The number of rotatable bonds is 3. The smallest absolute Gasteiger partial charge is 0.261 e. The first-order valence-corrected chi connectivity index (χ1v) is 6.35. The number of aromatic hydroxyl groups is 1. The van der Waals surface area contributed by atoms with E-state index in [1.165, 1.54) is 17.4 Å². The fourth-order valence-corrected chi connectivity index (χ4v) is 2.45. The number of phenolic OH excluding ortho intramolecular Hbond substituents is 1. The third kappa shape index (κ3) is 2.62. The molecule has 1 amide bonds. The van der Waals surface area contributed by atoms with Crippen LogP contribution in [0.25, 0.3) is 0 Å². The maximum atomic E-state index is 11.9. The minimum absolute atomic E-state index is 0.132. The SMILES string of the molecule is Cc1ccsc1C(=O)NCc1cc(N)ccc1O. The molecular weight excluding hydrogens is 248 g/mol. The Balaban J connectivity index is 2.06. The number of carbonyl (C=O) groups excluding carboxylic acids is 1. The third-order valence-electron chi connectivity index (χ3n) is 2.61. The van der Waals surface area contributed by atoms with Crippen LogP contribution in [-0.2, 0) is 6.54 Å². The van der Waals surface area contributed by atoms with Gasteiger partial charge in [-0.3, -0.25) is 4.79 Å². The van der Waals surface area contributed by atoms with E-state index < -0.39 is 0 Å². The van der Waals surface area contributed by atoms with Crippen LogP contribution in [0.4, 0.5) is 5.69 Å². The lowest BCUT2D eigenvalue weighted by molar-refractivity contribution is 0.0954. The number of nitrogens with two attached hydrogens (primary N) is 1. The van der Waals surface area contributed by atoms with Gasteiger partial charge in [0.25, 0.3) is 5.91 Å². The maximum Gasteiger partial charge on any atom is 0.261 e. The van der Waals surface area contributed by atoms with Crippen molar-refractivity contribution in [1.29, 1.82) is 0 Å². The first-order valence-electron chi connectivity index (χ1n) is 5.47. The summed E-state index contributed by atoms with van der Waals surface area (Å²) < 4.78 is 0. The third-order valence-corrected chi connectivity index (χ3v) is 3.63. The van der Waals surface area contributed by atoms with E-state index in [0.717, 1.165) is 5.56 Å². The van der Waals surface area contributed by atoms with Crippen LogP contribution in [0.5, 0.6) is 5.75 Å². The van der Waals surface area contributed by atoms with Crippen LogP contribution in [0.15, 0.2) is 29.6 Å². The minimum Gasteiger partial charge on any atom is -0.508 e. The zero-order chi connectivity index (χ0) is 13.1. The molecule has 0 atom stereocenters. The Morgan fingerprint density at radius 1 is 1.44 bits per heavy atom. The molecule has 0 unspecified atom stereocenters. The Hall–Kier alpha value is -2.01. The van der Waals surface area contributed by atoms with E-state index in [-0.39, 0.29) is 18.2 Å². The number of anilines is 1. The molecule has 0 saturated heterocycles. The summed E-state index contributed by atoms with van der Waals surface area (Å²) in [6, 6.07) is 6.69. The van der Waals surface area contributed by atoms with Gasteiger partial charge in [-0.05, 0) is 42.1 Å². The molecule has 1 aromatic heterocycles. The lowest BCUT2D eigenvalue weighted by atomic mass is 10.1. The van der Waals surface area contributed by atoms with E-state index in [4.69, 9.17) is 5.73 Å². The summed E-state index contributed by atoms with van der Waals surface area (Å²) >= 11 is 1.40. The molecule has 0 spiro atoms. The fourth-order valence-electron chi connectivity index (χ4n) is 1.61. The highest BCUT2D eigenvalue weighted by atomic mass is 32.1. The number of phenols is 1. The van der Waals surface area contributed by atoms with Crippen LogP contribution in [0, 0.1) is 6.92 Å². The highest BCUT2D eigenvalue weighted by Gasteiger charge is 2.10. The van der Waals surface area contributed by atoms with Crippen molar-refractivity contribution >= 4 is 22.9 Å². The number of hydrogen-bond donors (Lipinski definition) is 3. The van der Waals surface area contributed by atoms with Gasteiger partial charge in [-0.2, -0.15) is 0 Å². The number of thiophene rings is 1. The van der Waals surface area contributed by atoms with Crippen LogP contribution in [-0.4, -0.2) is 11.0 Å². The van der Waals surface area contributed by atoms with Gasteiger partial charge in [0.1, 0.15) is 5.75 Å². The van der Waals surface area contributed by atoms with Gasteiger partial charge in [0.2, 0.25) is 0 Å². The van der Waals surface area contributed by atoms with E-state index in [2.05, 4.69) is 5.32 Å². The molecule has 5 heteroatoms. The predicted octanol–water partition coefficient (Wildman–Crippen LogP) is 2.27. The number of nitrogen functional groups attached to an aromatic ring is 1. The van der Waals surface area contributed by atoms with Crippen LogP contribution in [0.1, 0.15) is 20.8 Å². The molecule has 18 heavy (non-hydrogen) atoms. The largest absolute Gasteiger partial charge is 0.508 e. The number of hydrogen-bond acceptors (Lipinski definition) is 4. The highest BCUT2D eigenvalue weighted by molar-refractivity contribution is 7.12. The minimum atomic E-state index is -0.135. The van der Waals surface area contributed by atoms with Gasteiger partial charge < -0.3 is 16.2 Å². The Morgan fingerprint density at radius 2 is 2.22 bits per heavy atom. The Bertz CT molecular complexity index is 578. The molecule has 0 bridgehead atoms. The second-order valence-corrected chi connectivity index (χ2v) is 4.92. The molecular formula is C13H14N2O2S. The van der Waals surface area contributed by atoms with Gasteiger partial charge in [-0.15, -0.1) is 11.3 Å². The monoisotopic (exact) mass is 262 g/mol. The van der Waals surface area contributed by atoms with Gasteiger partial charge >= 0.3 is 0 Å². The van der Waals surface area contributed by atoms with Crippen molar-refractivity contribution in [2.75, 3.05) is 5.73 Å². The van der Waals surface area contributed by atoms with E-state index in [9.17, 15) is 9.90 Å². The molecule has 1 aromatic carbocycles. The molecule has 0 radical (unpaired) electrons. The van der Waals surface area contributed by atoms with Crippen molar-refractivity contribution in [3.05, 3.63) is 45.6 Å². The first kappa shape index (κ1) is 12.4. The molecule has 94 valence electrons. The molecule has 0 aliphatic heterocycles. The Labute approximate surface area is 109 Å². The molecule has 0 saturated carbocycles. The summed E-state index contributed by atoms with van der Waals surface area (Å²) in [7, 11) is 0. The van der Waals surface area contributed by atoms with Crippen molar-refractivity contribution in [3.8, 4) is 5.75 Å². The summed E-state index contributed by atoms with van der Waals surface area (Å²) in [4.78, 5) is 12.6. The number of aryl methyl sites for hydroxylation is 1. The van der Waals surface area contributed by atoms with Crippen LogP contribution >= 0.6 is 11.3 Å². The van der Waals surface area contributed by atoms with E-state index in [0.29, 0.717) is 16.1 Å². The van der Waals surface area contributed by atoms with Crippen LogP contribution in [0.2, 0.25) is 0 Å². The van der Waals surface area contributed by atoms with E-state index >= 15 is 0 Å². The second kappa shape index (κ2) is 5.10. The lowest BCUT2D eigenvalue weighted by Gasteiger charge is -2.07. The summed E-state index contributed by atoms with van der Waals surface area (Å²) in [6.45, 7) is 2.15. The number of amides is 1. The van der Waals surface area contributed by atoms with Gasteiger partial charge in [-0.1, -0.05) is 0 Å². The topological polar surface area (TPSA) is 75.4 Å². The van der Waals surface area contributed by atoms with Gasteiger partial charge in [-0.25, -0.2) is 0 Å². The highest BCUT2D eigenvalue weighted by Crippen LogP contribution is 2.20. The molecule has 4 nitrogen and oxygen atoms in total. The number of carbonyl (C=O) groups is 1. The second-order valence-electron chi connectivity index (χ2n) is 4.00. The zero-order valence-electron chi connectivity index (χ0n) is 9.93.